The maximum absolute atomic E-state index is 12.5. The minimum absolute atomic E-state index is 0. The van der Waals surface area contributed by atoms with Gasteiger partial charge in [0, 0.05) is 17.1 Å². The molecule has 0 radical (unpaired) electrons. The third-order valence-electron chi connectivity index (χ3n) is 4.10. The van der Waals surface area contributed by atoms with Crippen molar-refractivity contribution in [3.05, 3.63) is 40.7 Å². The van der Waals surface area contributed by atoms with E-state index in [2.05, 4.69) is 25.7 Å². The van der Waals surface area contributed by atoms with Crippen LogP contribution in [0.15, 0.2) is 24.4 Å². The normalized spacial score (nSPS) is 14.7. The van der Waals surface area contributed by atoms with E-state index in [4.69, 9.17) is 11.6 Å². The molecule has 1 aromatic carbocycles. The van der Waals surface area contributed by atoms with Gasteiger partial charge < -0.3 is 15.4 Å². The van der Waals surface area contributed by atoms with Crippen LogP contribution in [0.3, 0.4) is 0 Å². The number of benzene rings is 1. The molecule has 0 atom stereocenters. The Labute approximate surface area is 165 Å². The summed E-state index contributed by atoms with van der Waals surface area (Å²) in [5.74, 6) is -0.490. The van der Waals surface area contributed by atoms with Gasteiger partial charge in [0.2, 0.25) is 0 Å². The summed E-state index contributed by atoms with van der Waals surface area (Å²) < 4.78 is 31.1. The number of halogens is 4. The highest BCUT2D eigenvalue weighted by atomic mass is 35.5. The van der Waals surface area contributed by atoms with E-state index in [0.29, 0.717) is 10.6 Å². The summed E-state index contributed by atoms with van der Waals surface area (Å²) >= 11 is 5.89. The van der Waals surface area contributed by atoms with Gasteiger partial charge in [0.05, 0.1) is 12.2 Å². The predicted molar refractivity (Wildman–Crippen MR) is 97.7 cm³/mol. The van der Waals surface area contributed by atoms with Crippen LogP contribution in [0.5, 0.6) is 5.75 Å². The van der Waals surface area contributed by atoms with Gasteiger partial charge in [0.15, 0.2) is 5.69 Å². The van der Waals surface area contributed by atoms with E-state index in [9.17, 15) is 13.6 Å². The molecule has 1 saturated heterocycles. The molecule has 7 nitrogen and oxygen atoms in total. The van der Waals surface area contributed by atoms with Gasteiger partial charge in [0.25, 0.3) is 5.91 Å². The Balaban J connectivity index is 0.00000261. The molecule has 2 N–H and O–H groups in total. The first-order chi connectivity index (χ1) is 12.5. The van der Waals surface area contributed by atoms with Gasteiger partial charge in [-0.2, -0.15) is 8.78 Å². The standard InChI is InChI=1S/C16H18ClF2N5O2.ClH/c17-11-1-2-14(26-16(18)19)10(7-11)8-21-15(25)13-9-24(23-22-13)12-3-5-20-6-4-12;/h1-2,7,9,12,16,20H,3-6,8H2,(H,21,25);1H. The number of nitrogens with one attached hydrogen (secondary N) is 2. The van der Waals surface area contributed by atoms with Crippen molar-refractivity contribution in [1.82, 2.24) is 25.6 Å². The smallest absolute Gasteiger partial charge is 0.387 e. The number of piperidine rings is 1. The van der Waals surface area contributed by atoms with Gasteiger partial charge in [0.1, 0.15) is 5.75 Å². The van der Waals surface area contributed by atoms with Gasteiger partial charge in [-0.25, -0.2) is 4.68 Å². The van der Waals surface area contributed by atoms with Crippen molar-refractivity contribution in [3.8, 4) is 5.75 Å². The maximum Gasteiger partial charge on any atom is 0.387 e. The minimum Gasteiger partial charge on any atom is -0.434 e. The summed E-state index contributed by atoms with van der Waals surface area (Å²) in [5, 5.41) is 14.2. The molecular formula is C16H19Cl2F2N5O2. The van der Waals surface area contributed by atoms with Crippen LogP contribution in [0, 0.1) is 0 Å². The summed E-state index contributed by atoms with van der Waals surface area (Å²) in [6.45, 7) is -1.20. The summed E-state index contributed by atoms with van der Waals surface area (Å²) in [5.41, 5.74) is 0.513. The summed E-state index contributed by atoms with van der Waals surface area (Å²) in [6, 6.07) is 4.45. The number of rotatable bonds is 6. The third-order valence-corrected chi connectivity index (χ3v) is 4.34. The van der Waals surface area contributed by atoms with Crippen LogP contribution < -0.4 is 15.4 Å². The molecule has 1 amide bonds. The molecule has 1 aromatic heterocycles. The number of hydrogen-bond donors (Lipinski definition) is 2. The lowest BCUT2D eigenvalue weighted by Gasteiger charge is -2.22. The van der Waals surface area contributed by atoms with Crippen LogP contribution in [0.2, 0.25) is 5.02 Å². The van der Waals surface area contributed by atoms with Crippen LogP contribution in [-0.2, 0) is 6.54 Å². The van der Waals surface area contributed by atoms with E-state index in [0.717, 1.165) is 25.9 Å². The van der Waals surface area contributed by atoms with E-state index >= 15 is 0 Å². The second-order valence-corrected chi connectivity index (χ2v) is 6.31. The Hall–Kier alpha value is -1.97. The van der Waals surface area contributed by atoms with Crippen LogP contribution in [0.4, 0.5) is 8.78 Å². The van der Waals surface area contributed by atoms with Crippen LogP contribution in [-0.4, -0.2) is 40.6 Å². The second kappa shape index (κ2) is 9.82. The van der Waals surface area contributed by atoms with Crippen molar-refractivity contribution in [1.29, 1.82) is 0 Å². The zero-order valence-corrected chi connectivity index (χ0v) is 15.8. The van der Waals surface area contributed by atoms with E-state index in [1.165, 1.54) is 18.2 Å². The molecule has 1 fully saturated rings. The Bertz CT molecular complexity index is 769. The Kier molecular flexibility index (Phi) is 7.76. The van der Waals surface area contributed by atoms with E-state index < -0.39 is 12.5 Å². The van der Waals surface area contributed by atoms with Crippen molar-refractivity contribution in [2.75, 3.05) is 13.1 Å². The van der Waals surface area contributed by atoms with Crippen molar-refractivity contribution >= 4 is 29.9 Å². The molecule has 0 spiro atoms. The fraction of sp³-hybridized carbons (Fsp3) is 0.438. The van der Waals surface area contributed by atoms with Crippen LogP contribution in [0.1, 0.15) is 34.9 Å². The Morgan fingerprint density at radius 3 is 2.85 bits per heavy atom. The Morgan fingerprint density at radius 1 is 1.41 bits per heavy atom. The molecule has 148 valence electrons. The molecule has 2 aromatic rings. The second-order valence-electron chi connectivity index (χ2n) is 5.88. The molecule has 11 heteroatoms. The molecule has 0 aliphatic carbocycles. The largest absolute Gasteiger partial charge is 0.434 e. The predicted octanol–water partition coefficient (Wildman–Crippen LogP) is 2.81. The lowest BCUT2D eigenvalue weighted by Crippen LogP contribution is -2.29. The zero-order chi connectivity index (χ0) is 18.5. The van der Waals surface area contributed by atoms with Gasteiger partial charge in [-0.15, -0.1) is 17.5 Å². The highest BCUT2D eigenvalue weighted by molar-refractivity contribution is 6.30. The molecule has 27 heavy (non-hydrogen) atoms. The Morgan fingerprint density at radius 2 is 2.15 bits per heavy atom. The summed E-state index contributed by atoms with van der Waals surface area (Å²) in [6.07, 6.45) is 3.43. The highest BCUT2D eigenvalue weighted by Gasteiger charge is 2.19. The monoisotopic (exact) mass is 421 g/mol. The van der Waals surface area contributed by atoms with Crippen LogP contribution >= 0.6 is 24.0 Å². The number of aromatic nitrogens is 3. The maximum atomic E-state index is 12.5. The van der Waals surface area contributed by atoms with E-state index in [-0.39, 0.29) is 36.4 Å². The minimum atomic E-state index is -2.96. The van der Waals surface area contributed by atoms with E-state index in [1.807, 2.05) is 0 Å². The fourth-order valence-electron chi connectivity index (χ4n) is 2.79. The number of carbonyl (C=O) groups is 1. The highest BCUT2D eigenvalue weighted by Crippen LogP contribution is 2.24. The first kappa shape index (κ1) is 21.3. The summed E-state index contributed by atoms with van der Waals surface area (Å²) in [7, 11) is 0. The van der Waals surface area contributed by atoms with Crippen molar-refractivity contribution in [2.45, 2.75) is 32.0 Å². The summed E-state index contributed by atoms with van der Waals surface area (Å²) in [4.78, 5) is 12.3. The molecule has 0 unspecified atom stereocenters. The number of nitrogens with zero attached hydrogens (tertiary/aromatic N) is 3. The average molecular weight is 422 g/mol. The molecule has 0 bridgehead atoms. The first-order valence-corrected chi connectivity index (χ1v) is 8.54. The number of ether oxygens (including phenoxy) is 1. The lowest BCUT2D eigenvalue weighted by atomic mass is 10.1. The van der Waals surface area contributed by atoms with Gasteiger partial charge in [-0.3, -0.25) is 4.79 Å². The quantitative estimate of drug-likeness (QED) is 0.749. The SMILES string of the molecule is Cl.O=C(NCc1cc(Cl)ccc1OC(F)F)c1cn(C2CCNCC2)nn1. The topological polar surface area (TPSA) is 81.1 Å². The van der Waals surface area contributed by atoms with E-state index in [1.54, 1.807) is 10.9 Å². The van der Waals surface area contributed by atoms with Crippen molar-refractivity contribution < 1.29 is 18.3 Å². The zero-order valence-electron chi connectivity index (χ0n) is 14.2. The molecule has 2 heterocycles. The van der Waals surface area contributed by atoms with Gasteiger partial charge >= 0.3 is 6.61 Å². The molecule has 1 aliphatic heterocycles. The van der Waals surface area contributed by atoms with Crippen molar-refractivity contribution in [2.24, 2.45) is 0 Å². The first-order valence-electron chi connectivity index (χ1n) is 8.17. The molecule has 3 rings (SSSR count). The van der Waals surface area contributed by atoms with Crippen molar-refractivity contribution in [3.63, 3.8) is 0 Å². The third kappa shape index (κ3) is 5.75. The number of carbonyl (C=O) groups excluding carboxylic acids is 1. The number of alkyl halides is 2. The number of hydrogen-bond acceptors (Lipinski definition) is 5. The average Bonchev–Trinajstić information content (AvgIpc) is 3.12. The van der Waals surface area contributed by atoms with Gasteiger partial charge in [-0.05, 0) is 44.1 Å². The molecule has 1 aliphatic rings. The lowest BCUT2D eigenvalue weighted by molar-refractivity contribution is -0.0504. The molecule has 0 saturated carbocycles. The van der Waals surface area contributed by atoms with Gasteiger partial charge in [-0.1, -0.05) is 16.8 Å². The number of amides is 1. The molecular weight excluding hydrogens is 403 g/mol. The fourth-order valence-corrected chi connectivity index (χ4v) is 2.99. The van der Waals surface area contributed by atoms with Crippen LogP contribution in [0.25, 0.3) is 0 Å².